The van der Waals surface area contributed by atoms with Crippen molar-refractivity contribution < 1.29 is 23.8 Å². The van der Waals surface area contributed by atoms with Crippen LogP contribution in [-0.2, 0) is 4.79 Å². The predicted molar refractivity (Wildman–Crippen MR) is 222 cm³/mol. The minimum Gasteiger partial charge on any atom is -0.494 e. The summed E-state index contributed by atoms with van der Waals surface area (Å²) in [5.41, 5.74) is 7.77. The molecular weight excluding hydrogens is 675 g/mol. The standard InChI is InChI=1S/C46H75N3O5/c1-9-36(7)41-27-21-35(6)31-38(41)19-15-12-10-11-13-16-20-44(50)48-45(47)37-22-25-40(26-23-37)53-29-17-14-18-30-54-42-28-24-39(32-43(42)52-8)46(51)49(33(2)3)34(4)5/h22-26,28,32-36,38,41,45H,9-21,27,29-31,47H2,1-8H3,(H,48,50). The maximum absolute atomic E-state index is 13.1. The molecule has 3 rings (SSSR count). The Morgan fingerprint density at radius 3 is 2.09 bits per heavy atom. The van der Waals surface area contributed by atoms with Crippen molar-refractivity contribution in [2.24, 2.45) is 29.4 Å². The number of nitrogens with zero attached hydrogens (tertiary/aromatic N) is 1. The van der Waals surface area contributed by atoms with Gasteiger partial charge in [0.05, 0.1) is 20.3 Å². The van der Waals surface area contributed by atoms with E-state index in [9.17, 15) is 9.59 Å². The number of hydrogen-bond acceptors (Lipinski definition) is 6. The Bertz CT molecular complexity index is 1350. The Hall–Kier alpha value is -3.26. The van der Waals surface area contributed by atoms with Crippen LogP contribution in [0.4, 0.5) is 0 Å². The Labute approximate surface area is 328 Å². The summed E-state index contributed by atoms with van der Waals surface area (Å²) < 4.78 is 17.5. The number of methoxy groups -OCH3 is 1. The summed E-state index contributed by atoms with van der Waals surface area (Å²) >= 11 is 0. The van der Waals surface area contributed by atoms with Crippen LogP contribution in [0.2, 0.25) is 0 Å². The molecule has 8 nitrogen and oxygen atoms in total. The fourth-order valence-electron chi connectivity index (χ4n) is 8.29. The number of nitrogens with two attached hydrogens (primary N) is 1. The van der Waals surface area contributed by atoms with Gasteiger partial charge in [-0.1, -0.05) is 84.3 Å². The van der Waals surface area contributed by atoms with Crippen molar-refractivity contribution in [1.29, 1.82) is 0 Å². The van der Waals surface area contributed by atoms with Crippen molar-refractivity contribution >= 4 is 11.8 Å². The molecule has 2 aromatic carbocycles. The molecule has 0 aliphatic heterocycles. The van der Waals surface area contributed by atoms with Gasteiger partial charge in [-0.05, 0) is 126 Å². The van der Waals surface area contributed by atoms with E-state index in [1.165, 1.54) is 57.8 Å². The smallest absolute Gasteiger partial charge is 0.254 e. The molecule has 8 heteroatoms. The fraction of sp³-hybridized carbons (Fsp3) is 0.696. The summed E-state index contributed by atoms with van der Waals surface area (Å²) in [5, 5.41) is 2.96. The predicted octanol–water partition coefficient (Wildman–Crippen LogP) is 10.9. The highest BCUT2D eigenvalue weighted by molar-refractivity contribution is 5.95. The lowest BCUT2D eigenvalue weighted by atomic mass is 9.67. The lowest BCUT2D eigenvalue weighted by Gasteiger charge is -2.38. The molecule has 0 spiro atoms. The van der Waals surface area contributed by atoms with E-state index in [1.807, 2.05) is 62.9 Å². The quantitative estimate of drug-likeness (QED) is 0.0774. The Morgan fingerprint density at radius 1 is 0.815 bits per heavy atom. The van der Waals surface area contributed by atoms with Gasteiger partial charge in [-0.2, -0.15) is 0 Å². The maximum Gasteiger partial charge on any atom is 0.254 e. The van der Waals surface area contributed by atoms with E-state index in [0.29, 0.717) is 36.7 Å². The summed E-state index contributed by atoms with van der Waals surface area (Å²) in [7, 11) is 1.59. The van der Waals surface area contributed by atoms with E-state index in [-0.39, 0.29) is 23.9 Å². The summed E-state index contributed by atoms with van der Waals surface area (Å²) in [6.45, 7) is 16.5. The van der Waals surface area contributed by atoms with E-state index < -0.39 is 6.17 Å². The molecule has 0 bridgehead atoms. The van der Waals surface area contributed by atoms with Crippen molar-refractivity contribution in [2.45, 2.75) is 163 Å². The van der Waals surface area contributed by atoms with Crippen molar-refractivity contribution in [3.05, 3.63) is 53.6 Å². The number of carbonyl (C=O) groups is 2. The van der Waals surface area contributed by atoms with Crippen LogP contribution in [-0.4, -0.2) is 49.1 Å². The van der Waals surface area contributed by atoms with Crippen LogP contribution in [0, 0.1) is 23.7 Å². The van der Waals surface area contributed by atoms with E-state index in [0.717, 1.165) is 67.1 Å². The largest absolute Gasteiger partial charge is 0.494 e. The second kappa shape index (κ2) is 24.3. The Balaban J connectivity index is 1.24. The van der Waals surface area contributed by atoms with Gasteiger partial charge in [-0.3, -0.25) is 9.59 Å². The summed E-state index contributed by atoms with van der Waals surface area (Å²) in [5.74, 6) is 5.61. The maximum atomic E-state index is 13.1. The zero-order chi connectivity index (χ0) is 39.5. The molecule has 0 heterocycles. The first-order valence-corrected chi connectivity index (χ1v) is 21.4. The second-order valence-electron chi connectivity index (χ2n) is 16.5. The number of unbranched alkanes of at least 4 members (excludes halogenated alkanes) is 7. The van der Waals surface area contributed by atoms with Crippen LogP contribution in [0.3, 0.4) is 0 Å². The van der Waals surface area contributed by atoms with Crippen molar-refractivity contribution in [1.82, 2.24) is 10.2 Å². The molecule has 0 saturated heterocycles. The topological polar surface area (TPSA) is 103 Å². The van der Waals surface area contributed by atoms with Gasteiger partial charge in [0.2, 0.25) is 5.91 Å². The van der Waals surface area contributed by atoms with E-state index in [2.05, 4.69) is 26.1 Å². The number of amides is 2. The Morgan fingerprint density at radius 2 is 1.44 bits per heavy atom. The monoisotopic (exact) mass is 750 g/mol. The van der Waals surface area contributed by atoms with Crippen LogP contribution in [0.1, 0.15) is 167 Å². The van der Waals surface area contributed by atoms with Crippen molar-refractivity contribution in [2.75, 3.05) is 20.3 Å². The second-order valence-corrected chi connectivity index (χ2v) is 16.5. The van der Waals surface area contributed by atoms with Crippen molar-refractivity contribution in [3.8, 4) is 17.2 Å². The molecule has 2 amide bonds. The number of ether oxygens (including phenoxy) is 3. The molecule has 1 saturated carbocycles. The van der Waals surface area contributed by atoms with Gasteiger partial charge in [-0.25, -0.2) is 0 Å². The number of hydrogen-bond donors (Lipinski definition) is 2. The molecule has 1 fully saturated rings. The summed E-state index contributed by atoms with van der Waals surface area (Å²) in [4.78, 5) is 27.5. The van der Waals surface area contributed by atoms with E-state index >= 15 is 0 Å². The third kappa shape index (κ3) is 15.1. The molecule has 0 aromatic heterocycles. The highest BCUT2D eigenvalue weighted by Crippen LogP contribution is 2.41. The Kier molecular flexibility index (Phi) is 20.3. The van der Waals surface area contributed by atoms with Crippen LogP contribution >= 0.6 is 0 Å². The first-order chi connectivity index (χ1) is 25.9. The van der Waals surface area contributed by atoms with Crippen LogP contribution in [0.25, 0.3) is 0 Å². The fourth-order valence-corrected chi connectivity index (χ4v) is 8.29. The third-order valence-electron chi connectivity index (χ3n) is 11.5. The minimum atomic E-state index is -0.529. The number of rotatable bonds is 25. The highest BCUT2D eigenvalue weighted by Gasteiger charge is 2.31. The molecule has 0 radical (unpaired) electrons. The minimum absolute atomic E-state index is 0.0134. The average molecular weight is 750 g/mol. The summed E-state index contributed by atoms with van der Waals surface area (Å²) in [6.07, 6.45) is 16.9. The van der Waals surface area contributed by atoms with Gasteiger partial charge < -0.3 is 30.2 Å². The number of benzene rings is 2. The SMILES string of the molecule is CCC(C)C1CCC(C)CC1CCCCCCCCC(=O)NC(N)c1ccc(OCCCCCOc2ccc(C(=O)N(C(C)C)C(C)C)cc2OC)cc1. The van der Waals surface area contributed by atoms with E-state index in [4.69, 9.17) is 19.9 Å². The highest BCUT2D eigenvalue weighted by atomic mass is 16.5. The van der Waals surface area contributed by atoms with Gasteiger partial charge in [0.25, 0.3) is 5.91 Å². The van der Waals surface area contributed by atoms with Crippen molar-refractivity contribution in [3.63, 3.8) is 0 Å². The lowest BCUT2D eigenvalue weighted by Crippen LogP contribution is -2.42. The van der Waals surface area contributed by atoms with Gasteiger partial charge >= 0.3 is 0 Å². The van der Waals surface area contributed by atoms with Gasteiger partial charge in [0, 0.05) is 24.1 Å². The molecule has 304 valence electrons. The lowest BCUT2D eigenvalue weighted by molar-refractivity contribution is -0.121. The zero-order valence-corrected chi connectivity index (χ0v) is 35.2. The summed E-state index contributed by atoms with van der Waals surface area (Å²) in [6, 6.07) is 13.3. The van der Waals surface area contributed by atoms with Crippen LogP contribution in [0.15, 0.2) is 42.5 Å². The van der Waals surface area contributed by atoms with Crippen LogP contribution < -0.4 is 25.3 Å². The van der Waals surface area contributed by atoms with Gasteiger partial charge in [-0.15, -0.1) is 0 Å². The third-order valence-corrected chi connectivity index (χ3v) is 11.5. The van der Waals surface area contributed by atoms with Gasteiger partial charge in [0.15, 0.2) is 11.5 Å². The molecule has 1 aliphatic carbocycles. The molecule has 5 unspecified atom stereocenters. The average Bonchev–Trinajstić information content (AvgIpc) is 3.15. The first kappa shape index (κ1) is 45.1. The molecule has 1 aliphatic rings. The normalized spacial score (nSPS) is 18.3. The molecular formula is C46H75N3O5. The zero-order valence-electron chi connectivity index (χ0n) is 35.2. The van der Waals surface area contributed by atoms with E-state index in [1.54, 1.807) is 19.2 Å². The van der Waals surface area contributed by atoms with Gasteiger partial charge in [0.1, 0.15) is 11.9 Å². The molecule has 2 aromatic rings. The number of carbonyl (C=O) groups excluding carboxylic acids is 2. The molecule has 5 atom stereocenters. The first-order valence-electron chi connectivity index (χ1n) is 21.4. The number of nitrogens with one attached hydrogen (secondary N) is 1. The van der Waals surface area contributed by atoms with Crippen LogP contribution in [0.5, 0.6) is 17.2 Å². The molecule has 54 heavy (non-hydrogen) atoms. The molecule has 3 N–H and O–H groups in total.